The molecule has 2 unspecified atom stereocenters. The van der Waals surface area contributed by atoms with Crippen LogP contribution in [0.15, 0.2) is 0 Å². The molecule has 0 aromatic carbocycles. The van der Waals surface area contributed by atoms with E-state index >= 15 is 0 Å². The van der Waals surface area contributed by atoms with Gasteiger partial charge in [0.15, 0.2) is 0 Å². The Morgan fingerprint density at radius 2 is 2.10 bits per heavy atom. The molecule has 2 atom stereocenters. The standard InChI is InChI=1S/C15H24N2O3S/c1-10-5-4-6-11(2)17(10)8-7-13-16-12(9-20-3)14(21-13)15(18)19/h10-11H,4-9H2,1-3H3,(H,18,19). The predicted octanol–water partition coefficient (Wildman–Crippen LogP) is 2.79. The minimum Gasteiger partial charge on any atom is -0.477 e. The lowest BCUT2D eigenvalue weighted by Gasteiger charge is -2.38. The summed E-state index contributed by atoms with van der Waals surface area (Å²) in [4.78, 5) is 18.5. The summed E-state index contributed by atoms with van der Waals surface area (Å²) >= 11 is 1.28. The van der Waals surface area contributed by atoms with E-state index in [-0.39, 0.29) is 6.61 Å². The number of nitrogens with zero attached hydrogens (tertiary/aromatic N) is 2. The van der Waals surface area contributed by atoms with Crippen molar-refractivity contribution < 1.29 is 14.6 Å². The molecule has 1 fully saturated rings. The lowest BCUT2D eigenvalue weighted by Crippen LogP contribution is -2.44. The number of piperidine rings is 1. The third-order valence-electron chi connectivity index (χ3n) is 4.18. The van der Waals surface area contributed by atoms with Gasteiger partial charge in [-0.15, -0.1) is 11.3 Å². The molecular weight excluding hydrogens is 288 g/mol. The molecule has 0 bridgehead atoms. The van der Waals surface area contributed by atoms with Gasteiger partial charge in [-0.25, -0.2) is 9.78 Å². The van der Waals surface area contributed by atoms with Crippen LogP contribution >= 0.6 is 11.3 Å². The predicted molar refractivity (Wildman–Crippen MR) is 83.0 cm³/mol. The van der Waals surface area contributed by atoms with Gasteiger partial charge in [0.05, 0.1) is 17.3 Å². The van der Waals surface area contributed by atoms with Crippen molar-refractivity contribution in [1.29, 1.82) is 0 Å². The number of carbonyl (C=O) groups is 1. The number of aromatic nitrogens is 1. The van der Waals surface area contributed by atoms with Gasteiger partial charge < -0.3 is 9.84 Å². The molecule has 0 spiro atoms. The van der Waals surface area contributed by atoms with Crippen LogP contribution in [0.5, 0.6) is 0 Å². The zero-order chi connectivity index (χ0) is 15.4. The summed E-state index contributed by atoms with van der Waals surface area (Å²) in [6.07, 6.45) is 4.61. The van der Waals surface area contributed by atoms with Crippen LogP contribution in [-0.4, -0.2) is 46.7 Å². The molecular formula is C15H24N2O3S. The minimum absolute atomic E-state index is 0.259. The lowest BCUT2D eigenvalue weighted by molar-refractivity contribution is 0.0697. The van der Waals surface area contributed by atoms with Crippen molar-refractivity contribution in [2.75, 3.05) is 13.7 Å². The summed E-state index contributed by atoms with van der Waals surface area (Å²) in [5.41, 5.74) is 0.546. The maximum atomic E-state index is 11.2. The number of hydrogen-bond acceptors (Lipinski definition) is 5. The van der Waals surface area contributed by atoms with Gasteiger partial charge in [0.25, 0.3) is 0 Å². The van der Waals surface area contributed by atoms with Gasteiger partial charge in [0.1, 0.15) is 4.88 Å². The maximum absolute atomic E-state index is 11.2. The third-order valence-corrected chi connectivity index (χ3v) is 5.32. The Labute approximate surface area is 129 Å². The molecule has 0 radical (unpaired) electrons. The van der Waals surface area contributed by atoms with E-state index in [1.807, 2.05) is 0 Å². The Hall–Kier alpha value is -0.980. The molecule has 1 aliphatic rings. The lowest BCUT2D eigenvalue weighted by atomic mass is 9.97. The van der Waals surface area contributed by atoms with Crippen LogP contribution in [0.1, 0.15) is 53.5 Å². The molecule has 0 aliphatic carbocycles. The highest BCUT2D eigenvalue weighted by molar-refractivity contribution is 7.13. The minimum atomic E-state index is -0.912. The van der Waals surface area contributed by atoms with Crippen molar-refractivity contribution in [3.63, 3.8) is 0 Å². The molecule has 0 amide bonds. The normalized spacial score (nSPS) is 23.4. The molecule has 1 aromatic heterocycles. The summed E-state index contributed by atoms with van der Waals surface area (Å²) < 4.78 is 5.03. The molecule has 6 heteroatoms. The van der Waals surface area contributed by atoms with Gasteiger partial charge in [-0.1, -0.05) is 6.42 Å². The van der Waals surface area contributed by atoms with Crippen LogP contribution in [0.4, 0.5) is 0 Å². The molecule has 0 saturated carbocycles. The fraction of sp³-hybridized carbons (Fsp3) is 0.733. The zero-order valence-corrected chi connectivity index (χ0v) is 13.8. The molecule has 1 saturated heterocycles. The number of aromatic carboxylic acids is 1. The molecule has 21 heavy (non-hydrogen) atoms. The van der Waals surface area contributed by atoms with Crippen LogP contribution in [-0.2, 0) is 17.8 Å². The van der Waals surface area contributed by atoms with Crippen molar-refractivity contribution in [3.05, 3.63) is 15.6 Å². The summed E-state index contributed by atoms with van der Waals surface area (Å²) in [6, 6.07) is 1.21. The van der Waals surface area contributed by atoms with Crippen molar-refractivity contribution >= 4 is 17.3 Å². The third kappa shape index (κ3) is 4.02. The summed E-state index contributed by atoms with van der Waals surface area (Å²) in [5.74, 6) is -0.912. The number of thiazole rings is 1. The molecule has 1 aromatic rings. The van der Waals surface area contributed by atoms with Gasteiger partial charge in [-0.05, 0) is 26.7 Å². The van der Waals surface area contributed by atoms with Gasteiger partial charge in [0.2, 0.25) is 0 Å². The van der Waals surface area contributed by atoms with Crippen molar-refractivity contribution in [2.24, 2.45) is 0 Å². The van der Waals surface area contributed by atoms with E-state index in [1.165, 1.54) is 30.6 Å². The van der Waals surface area contributed by atoms with E-state index in [0.29, 0.717) is 22.7 Å². The highest BCUT2D eigenvalue weighted by atomic mass is 32.1. The van der Waals surface area contributed by atoms with Gasteiger partial charge in [-0.3, -0.25) is 4.90 Å². The number of carboxylic acid groups (broad SMARTS) is 1. The Morgan fingerprint density at radius 1 is 1.43 bits per heavy atom. The Kier molecular flexibility index (Phi) is 5.72. The van der Waals surface area contributed by atoms with Gasteiger partial charge in [0, 0.05) is 32.2 Å². The van der Waals surface area contributed by atoms with Crippen LogP contribution in [0, 0.1) is 0 Å². The smallest absolute Gasteiger partial charge is 0.347 e. The average molecular weight is 312 g/mol. The summed E-state index contributed by atoms with van der Waals surface area (Å²) in [5, 5.41) is 10.1. The van der Waals surface area contributed by atoms with Crippen molar-refractivity contribution in [1.82, 2.24) is 9.88 Å². The van der Waals surface area contributed by atoms with Crippen LogP contribution in [0.3, 0.4) is 0 Å². The number of hydrogen-bond donors (Lipinski definition) is 1. The Morgan fingerprint density at radius 3 is 2.67 bits per heavy atom. The number of likely N-dealkylation sites (tertiary alicyclic amines) is 1. The van der Waals surface area contributed by atoms with E-state index in [1.54, 1.807) is 7.11 Å². The Balaban J connectivity index is 2.02. The molecule has 118 valence electrons. The monoisotopic (exact) mass is 312 g/mol. The first-order valence-electron chi connectivity index (χ1n) is 7.49. The van der Waals surface area contributed by atoms with Crippen LogP contribution in [0.2, 0.25) is 0 Å². The Bertz CT molecular complexity index is 479. The highest BCUT2D eigenvalue weighted by Gasteiger charge is 2.25. The van der Waals surface area contributed by atoms with Gasteiger partial charge in [-0.2, -0.15) is 0 Å². The van der Waals surface area contributed by atoms with E-state index in [9.17, 15) is 9.90 Å². The quantitative estimate of drug-likeness (QED) is 0.875. The fourth-order valence-electron chi connectivity index (χ4n) is 3.05. The van der Waals surface area contributed by atoms with Crippen LogP contribution in [0.25, 0.3) is 0 Å². The largest absolute Gasteiger partial charge is 0.477 e. The average Bonchev–Trinajstić information content (AvgIpc) is 2.82. The van der Waals surface area contributed by atoms with Crippen LogP contribution < -0.4 is 0 Å². The number of rotatable bonds is 6. The van der Waals surface area contributed by atoms with Crippen molar-refractivity contribution in [2.45, 2.75) is 58.2 Å². The highest BCUT2D eigenvalue weighted by Crippen LogP contribution is 2.24. The molecule has 1 aliphatic heterocycles. The first-order chi connectivity index (χ1) is 10.0. The maximum Gasteiger partial charge on any atom is 0.347 e. The zero-order valence-electron chi connectivity index (χ0n) is 13.0. The first kappa shape index (κ1) is 16.4. The molecule has 5 nitrogen and oxygen atoms in total. The SMILES string of the molecule is COCc1nc(CCN2C(C)CCCC2C)sc1C(=O)O. The number of ether oxygens (including phenoxy) is 1. The number of methoxy groups -OCH3 is 1. The van der Waals surface area contributed by atoms with E-state index in [0.717, 1.165) is 18.0 Å². The molecule has 2 heterocycles. The second-order valence-corrected chi connectivity index (χ2v) is 6.82. The fourth-order valence-corrected chi connectivity index (χ4v) is 3.94. The first-order valence-corrected chi connectivity index (χ1v) is 8.31. The summed E-state index contributed by atoms with van der Waals surface area (Å²) in [7, 11) is 1.56. The second kappa shape index (κ2) is 7.33. The van der Waals surface area contributed by atoms with E-state index in [4.69, 9.17) is 4.74 Å². The topological polar surface area (TPSA) is 62.7 Å². The molecule has 2 rings (SSSR count). The number of carboxylic acids is 1. The van der Waals surface area contributed by atoms with Crippen molar-refractivity contribution in [3.8, 4) is 0 Å². The van der Waals surface area contributed by atoms with E-state index < -0.39 is 5.97 Å². The van der Waals surface area contributed by atoms with E-state index in [2.05, 4.69) is 23.7 Å². The second-order valence-electron chi connectivity index (χ2n) is 5.74. The summed E-state index contributed by atoms with van der Waals surface area (Å²) in [6.45, 7) is 5.75. The molecule has 1 N–H and O–H groups in total. The van der Waals surface area contributed by atoms with Gasteiger partial charge >= 0.3 is 5.97 Å².